The first kappa shape index (κ1) is 11.4. The van der Waals surface area contributed by atoms with Crippen molar-refractivity contribution in [1.82, 2.24) is 15.0 Å². The highest BCUT2D eigenvalue weighted by Crippen LogP contribution is 2.16. The third kappa shape index (κ3) is 2.74. The van der Waals surface area contributed by atoms with Gasteiger partial charge < -0.3 is 15.2 Å². The van der Waals surface area contributed by atoms with E-state index in [0.717, 1.165) is 18.8 Å². The second-order valence-electron chi connectivity index (χ2n) is 4.69. The van der Waals surface area contributed by atoms with Gasteiger partial charge in [-0.1, -0.05) is 5.16 Å². The van der Waals surface area contributed by atoms with E-state index >= 15 is 0 Å². The van der Waals surface area contributed by atoms with Gasteiger partial charge in [-0.05, 0) is 33.5 Å². The van der Waals surface area contributed by atoms with E-state index in [4.69, 9.17) is 10.3 Å². The zero-order valence-electron chi connectivity index (χ0n) is 10.0. The van der Waals surface area contributed by atoms with Crippen LogP contribution in [0.1, 0.15) is 18.6 Å². The Kier molecular flexibility index (Phi) is 3.46. The summed E-state index contributed by atoms with van der Waals surface area (Å²) in [6.45, 7) is 3.11. The van der Waals surface area contributed by atoms with Crippen LogP contribution in [0.2, 0.25) is 0 Å². The Morgan fingerprint density at radius 3 is 3.12 bits per heavy atom. The summed E-state index contributed by atoms with van der Waals surface area (Å²) >= 11 is 0. The summed E-state index contributed by atoms with van der Waals surface area (Å²) in [6.07, 6.45) is 2.52. The molecule has 1 aromatic rings. The maximum Gasteiger partial charge on any atom is 0.167 e. The largest absolute Gasteiger partial charge is 0.381 e. The van der Waals surface area contributed by atoms with E-state index in [1.165, 1.54) is 19.4 Å². The fourth-order valence-corrected chi connectivity index (χ4v) is 2.28. The van der Waals surface area contributed by atoms with Gasteiger partial charge in [-0.15, -0.1) is 0 Å². The van der Waals surface area contributed by atoms with Crippen LogP contribution in [-0.4, -0.2) is 48.2 Å². The van der Waals surface area contributed by atoms with Crippen LogP contribution >= 0.6 is 0 Å². The van der Waals surface area contributed by atoms with E-state index in [9.17, 15) is 0 Å². The lowest BCUT2D eigenvalue weighted by atomic mass is 10.1. The van der Waals surface area contributed by atoms with E-state index in [0.29, 0.717) is 11.9 Å². The van der Waals surface area contributed by atoms with Crippen LogP contribution in [0.5, 0.6) is 0 Å². The van der Waals surface area contributed by atoms with Crippen molar-refractivity contribution in [2.75, 3.05) is 32.9 Å². The summed E-state index contributed by atoms with van der Waals surface area (Å²) in [5.41, 5.74) is 5.52. The van der Waals surface area contributed by atoms with Gasteiger partial charge in [-0.25, -0.2) is 0 Å². The Morgan fingerprint density at radius 1 is 1.69 bits per heavy atom. The third-order valence-electron chi connectivity index (χ3n) is 3.21. The van der Waals surface area contributed by atoms with Gasteiger partial charge >= 0.3 is 0 Å². The zero-order chi connectivity index (χ0) is 11.5. The van der Waals surface area contributed by atoms with Crippen molar-refractivity contribution < 1.29 is 4.52 Å². The standard InChI is InChI=1S/C11H20N4O/c1-14-5-3-4-9(7-14)15(2)8-10-6-11(12)13-16-10/h6,9H,3-5,7-8H2,1-2H3,(H2,12,13). The van der Waals surface area contributed by atoms with E-state index < -0.39 is 0 Å². The maximum atomic E-state index is 5.52. The molecule has 2 heterocycles. The number of nitrogens with two attached hydrogens (primary N) is 1. The minimum Gasteiger partial charge on any atom is -0.381 e. The van der Waals surface area contributed by atoms with Gasteiger partial charge in [0.25, 0.3) is 0 Å². The molecule has 16 heavy (non-hydrogen) atoms. The predicted molar refractivity (Wildman–Crippen MR) is 62.9 cm³/mol. The second kappa shape index (κ2) is 4.84. The quantitative estimate of drug-likeness (QED) is 0.822. The number of likely N-dealkylation sites (N-methyl/N-ethyl adjacent to an activating group) is 2. The average Bonchev–Trinajstić information content (AvgIpc) is 2.64. The first-order chi connectivity index (χ1) is 7.65. The van der Waals surface area contributed by atoms with Crippen molar-refractivity contribution >= 4 is 5.82 Å². The molecular weight excluding hydrogens is 204 g/mol. The minimum absolute atomic E-state index is 0.462. The van der Waals surface area contributed by atoms with Gasteiger partial charge in [-0.3, -0.25) is 4.90 Å². The molecule has 0 aliphatic carbocycles. The number of hydrogen-bond acceptors (Lipinski definition) is 5. The molecule has 0 aromatic carbocycles. The highest BCUT2D eigenvalue weighted by Gasteiger charge is 2.21. The van der Waals surface area contributed by atoms with Crippen molar-refractivity contribution in [2.45, 2.75) is 25.4 Å². The lowest BCUT2D eigenvalue weighted by molar-refractivity contribution is 0.121. The summed E-state index contributed by atoms with van der Waals surface area (Å²) in [7, 11) is 4.30. The van der Waals surface area contributed by atoms with Crippen molar-refractivity contribution in [3.05, 3.63) is 11.8 Å². The van der Waals surface area contributed by atoms with Crippen LogP contribution in [0.15, 0.2) is 10.6 Å². The molecule has 2 rings (SSSR count). The second-order valence-corrected chi connectivity index (χ2v) is 4.69. The van der Waals surface area contributed by atoms with Gasteiger partial charge in [0.1, 0.15) is 0 Å². The number of rotatable bonds is 3. The third-order valence-corrected chi connectivity index (χ3v) is 3.21. The molecule has 0 bridgehead atoms. The average molecular weight is 224 g/mol. The molecule has 5 nitrogen and oxygen atoms in total. The minimum atomic E-state index is 0.462. The Hall–Kier alpha value is -1.07. The topological polar surface area (TPSA) is 58.5 Å². The summed E-state index contributed by atoms with van der Waals surface area (Å²) in [5.74, 6) is 1.30. The summed E-state index contributed by atoms with van der Waals surface area (Å²) < 4.78 is 5.12. The smallest absolute Gasteiger partial charge is 0.167 e. The normalized spacial score (nSPS) is 22.8. The maximum absolute atomic E-state index is 5.52. The van der Waals surface area contributed by atoms with Crippen LogP contribution in [-0.2, 0) is 6.54 Å². The van der Waals surface area contributed by atoms with E-state index in [1.54, 1.807) is 6.07 Å². The van der Waals surface area contributed by atoms with E-state index in [1.807, 2.05) is 0 Å². The SMILES string of the molecule is CN1CCCC(N(C)Cc2cc(N)no2)C1. The first-order valence-corrected chi connectivity index (χ1v) is 5.75. The zero-order valence-corrected chi connectivity index (χ0v) is 10.0. The Morgan fingerprint density at radius 2 is 2.50 bits per heavy atom. The van der Waals surface area contributed by atoms with Gasteiger partial charge in [0, 0.05) is 18.7 Å². The Labute approximate surface area is 96.2 Å². The van der Waals surface area contributed by atoms with Crippen LogP contribution < -0.4 is 5.73 Å². The van der Waals surface area contributed by atoms with E-state index in [2.05, 4.69) is 29.1 Å². The highest BCUT2D eigenvalue weighted by molar-refractivity contribution is 5.26. The number of nitrogen functional groups attached to an aromatic ring is 1. The lowest BCUT2D eigenvalue weighted by Crippen LogP contribution is -2.44. The van der Waals surface area contributed by atoms with E-state index in [-0.39, 0.29) is 0 Å². The van der Waals surface area contributed by atoms with Crippen molar-refractivity contribution in [1.29, 1.82) is 0 Å². The van der Waals surface area contributed by atoms with Gasteiger partial charge in [-0.2, -0.15) is 0 Å². The highest BCUT2D eigenvalue weighted by atomic mass is 16.5. The van der Waals surface area contributed by atoms with Gasteiger partial charge in [0.05, 0.1) is 6.54 Å². The molecule has 1 unspecified atom stereocenters. The van der Waals surface area contributed by atoms with Crippen LogP contribution in [0, 0.1) is 0 Å². The molecule has 2 N–H and O–H groups in total. The van der Waals surface area contributed by atoms with Gasteiger partial charge in [0.2, 0.25) is 0 Å². The predicted octanol–water partition coefficient (Wildman–Crippen LogP) is 0.783. The summed E-state index contributed by atoms with van der Waals surface area (Å²) in [4.78, 5) is 4.69. The molecule has 1 saturated heterocycles. The van der Waals surface area contributed by atoms with Crippen LogP contribution in [0.25, 0.3) is 0 Å². The van der Waals surface area contributed by atoms with Gasteiger partial charge in [0.15, 0.2) is 11.6 Å². The fourth-order valence-electron chi connectivity index (χ4n) is 2.28. The molecule has 1 aliphatic heterocycles. The summed E-state index contributed by atoms with van der Waals surface area (Å²) in [6, 6.07) is 2.40. The number of nitrogens with zero attached hydrogens (tertiary/aromatic N) is 3. The first-order valence-electron chi connectivity index (χ1n) is 5.75. The number of anilines is 1. The molecule has 0 amide bonds. The van der Waals surface area contributed by atoms with Crippen molar-refractivity contribution in [2.24, 2.45) is 0 Å². The van der Waals surface area contributed by atoms with Crippen LogP contribution in [0.3, 0.4) is 0 Å². The number of hydrogen-bond donors (Lipinski definition) is 1. The van der Waals surface area contributed by atoms with Crippen LogP contribution in [0.4, 0.5) is 5.82 Å². The molecule has 90 valence electrons. The molecule has 1 aromatic heterocycles. The molecule has 0 radical (unpaired) electrons. The fraction of sp³-hybridized carbons (Fsp3) is 0.727. The number of piperidine rings is 1. The van der Waals surface area contributed by atoms with Crippen molar-refractivity contribution in [3.63, 3.8) is 0 Å². The molecule has 0 spiro atoms. The summed E-state index contributed by atoms with van der Waals surface area (Å²) in [5, 5.41) is 3.70. The monoisotopic (exact) mass is 224 g/mol. The molecular formula is C11H20N4O. The Balaban J connectivity index is 1.89. The lowest BCUT2D eigenvalue weighted by Gasteiger charge is -2.35. The molecule has 1 atom stereocenters. The number of aromatic nitrogens is 1. The number of likely N-dealkylation sites (tertiary alicyclic amines) is 1. The molecule has 5 heteroatoms. The Bertz CT molecular complexity index is 338. The molecule has 1 fully saturated rings. The molecule has 0 saturated carbocycles. The molecule has 1 aliphatic rings. The van der Waals surface area contributed by atoms with Crippen molar-refractivity contribution in [3.8, 4) is 0 Å².